The van der Waals surface area contributed by atoms with Crippen LogP contribution < -0.4 is 9.47 Å². The Morgan fingerprint density at radius 2 is 1.75 bits per heavy atom. The Labute approximate surface area is 101 Å². The average molecular weight is 243 g/mol. The standard InChI is InChI=1S/C12H18O3S/c1-4-5-6-16-9-7-10(14-2)12(13)11(8-9)15-3/h7-8,13H,4-6H2,1-3H3/p+1. The smallest absolute Gasteiger partial charge is 0.201 e. The minimum absolute atomic E-state index is 0.0689. The number of methoxy groups -OCH3 is 2. The van der Waals surface area contributed by atoms with Gasteiger partial charge in [-0.25, -0.2) is 0 Å². The maximum atomic E-state index is 9.73. The number of unbranched alkanes of at least 4 members (excludes halogenated alkanes) is 1. The predicted octanol–water partition coefficient (Wildman–Crippen LogP) is 2.38. The van der Waals surface area contributed by atoms with Gasteiger partial charge in [-0.3, -0.25) is 0 Å². The molecule has 0 amide bonds. The lowest BCUT2D eigenvalue weighted by Gasteiger charge is -2.07. The molecular formula is C12H19O3S+. The number of ether oxygens (including phenoxy) is 2. The van der Waals surface area contributed by atoms with Gasteiger partial charge in [-0.2, -0.15) is 0 Å². The second-order valence-electron chi connectivity index (χ2n) is 3.43. The van der Waals surface area contributed by atoms with Gasteiger partial charge in [0, 0.05) is 23.9 Å². The fourth-order valence-electron chi connectivity index (χ4n) is 1.34. The van der Waals surface area contributed by atoms with Gasteiger partial charge >= 0.3 is 0 Å². The summed E-state index contributed by atoms with van der Waals surface area (Å²) < 4.78 is 10.2. The van der Waals surface area contributed by atoms with Crippen LogP contribution in [0.4, 0.5) is 0 Å². The van der Waals surface area contributed by atoms with Crippen molar-refractivity contribution < 1.29 is 14.6 Å². The molecule has 0 aromatic heterocycles. The van der Waals surface area contributed by atoms with Crippen molar-refractivity contribution in [3.8, 4) is 17.2 Å². The van der Waals surface area contributed by atoms with Gasteiger partial charge in [0.25, 0.3) is 0 Å². The Morgan fingerprint density at radius 3 is 2.19 bits per heavy atom. The van der Waals surface area contributed by atoms with E-state index in [4.69, 9.17) is 9.47 Å². The first-order valence-corrected chi connectivity index (χ1v) is 6.43. The number of phenolic OH excluding ortho intramolecular Hbond substituents is 1. The van der Waals surface area contributed by atoms with E-state index in [2.05, 4.69) is 6.92 Å². The van der Waals surface area contributed by atoms with Crippen LogP contribution in [0.1, 0.15) is 19.8 Å². The highest BCUT2D eigenvalue weighted by Gasteiger charge is 2.14. The first kappa shape index (κ1) is 13.0. The maximum absolute atomic E-state index is 9.73. The highest BCUT2D eigenvalue weighted by Crippen LogP contribution is 2.37. The third-order valence-electron chi connectivity index (χ3n) is 2.27. The van der Waals surface area contributed by atoms with E-state index in [0.29, 0.717) is 11.5 Å². The summed E-state index contributed by atoms with van der Waals surface area (Å²) in [5.41, 5.74) is 0. The van der Waals surface area contributed by atoms with E-state index in [0.717, 1.165) is 10.6 Å². The maximum Gasteiger partial charge on any atom is 0.201 e. The van der Waals surface area contributed by atoms with Gasteiger partial charge in [-0.1, -0.05) is 13.3 Å². The van der Waals surface area contributed by atoms with Crippen LogP contribution in [-0.4, -0.2) is 25.1 Å². The third-order valence-corrected chi connectivity index (χ3v) is 3.43. The zero-order valence-corrected chi connectivity index (χ0v) is 10.9. The minimum Gasteiger partial charge on any atom is -0.502 e. The van der Waals surface area contributed by atoms with E-state index >= 15 is 0 Å². The van der Waals surface area contributed by atoms with Gasteiger partial charge in [0.05, 0.1) is 14.2 Å². The lowest BCUT2D eigenvalue weighted by Crippen LogP contribution is -1.94. The van der Waals surface area contributed by atoms with Crippen LogP contribution in [0.3, 0.4) is 0 Å². The SMILES string of the molecule is CCCC[SH+]c1cc(OC)c(O)c(OC)c1. The van der Waals surface area contributed by atoms with Gasteiger partial charge in [0.2, 0.25) is 5.75 Å². The number of benzene rings is 1. The monoisotopic (exact) mass is 243 g/mol. The summed E-state index contributed by atoms with van der Waals surface area (Å²) in [5, 5.41) is 9.73. The van der Waals surface area contributed by atoms with Gasteiger partial charge in [0.15, 0.2) is 16.4 Å². The highest BCUT2D eigenvalue weighted by molar-refractivity contribution is 7.78. The second kappa shape index (κ2) is 6.53. The molecule has 0 bridgehead atoms. The summed E-state index contributed by atoms with van der Waals surface area (Å²) in [6.07, 6.45) is 2.40. The number of phenols is 1. The molecule has 0 saturated carbocycles. The van der Waals surface area contributed by atoms with Gasteiger partial charge in [-0.15, -0.1) is 0 Å². The molecule has 0 heterocycles. The molecule has 0 radical (unpaired) electrons. The van der Waals surface area contributed by atoms with Crippen molar-refractivity contribution in [2.45, 2.75) is 24.7 Å². The normalized spacial score (nSPS) is 10.2. The second-order valence-corrected chi connectivity index (χ2v) is 4.71. The molecule has 1 aromatic carbocycles. The topological polar surface area (TPSA) is 38.7 Å². The third kappa shape index (κ3) is 3.23. The van der Waals surface area contributed by atoms with E-state index in [1.807, 2.05) is 12.1 Å². The minimum atomic E-state index is 0.0689. The highest BCUT2D eigenvalue weighted by atomic mass is 32.2. The van der Waals surface area contributed by atoms with Crippen molar-refractivity contribution in [2.24, 2.45) is 0 Å². The fraction of sp³-hybridized carbons (Fsp3) is 0.500. The first-order chi connectivity index (χ1) is 7.72. The predicted molar refractivity (Wildman–Crippen MR) is 68.0 cm³/mol. The summed E-state index contributed by atoms with van der Waals surface area (Å²) in [6, 6.07) is 3.71. The summed E-state index contributed by atoms with van der Waals surface area (Å²) in [7, 11) is 3.09. The molecule has 0 aliphatic rings. The van der Waals surface area contributed by atoms with E-state index in [1.54, 1.807) is 14.2 Å². The van der Waals surface area contributed by atoms with Crippen molar-refractivity contribution in [2.75, 3.05) is 20.0 Å². The van der Waals surface area contributed by atoms with E-state index < -0.39 is 0 Å². The summed E-state index contributed by atoms with van der Waals surface area (Å²) >= 11 is 1.24. The molecule has 0 spiro atoms. The number of aromatic hydroxyl groups is 1. The lowest BCUT2D eigenvalue weighted by atomic mass is 10.3. The summed E-state index contributed by atoms with van der Waals surface area (Å²) in [4.78, 5) is 1.11. The molecule has 16 heavy (non-hydrogen) atoms. The number of thiol groups is 1. The van der Waals surface area contributed by atoms with E-state index in [9.17, 15) is 5.11 Å². The van der Waals surface area contributed by atoms with Crippen LogP contribution in [0.15, 0.2) is 17.0 Å². The van der Waals surface area contributed by atoms with E-state index in [1.165, 1.54) is 24.6 Å². The molecule has 0 atom stereocenters. The molecule has 0 fully saturated rings. The van der Waals surface area contributed by atoms with Crippen LogP contribution >= 0.6 is 0 Å². The molecule has 90 valence electrons. The zero-order valence-electron chi connectivity index (χ0n) is 9.99. The quantitative estimate of drug-likeness (QED) is 0.473. The van der Waals surface area contributed by atoms with Crippen molar-refractivity contribution in [1.82, 2.24) is 0 Å². The largest absolute Gasteiger partial charge is 0.502 e. The Bertz CT molecular complexity index is 314. The van der Waals surface area contributed by atoms with Crippen molar-refractivity contribution in [1.29, 1.82) is 0 Å². The van der Waals surface area contributed by atoms with Crippen molar-refractivity contribution >= 4 is 11.8 Å². The summed E-state index contributed by atoms with van der Waals surface area (Å²) in [6.45, 7) is 2.17. The number of rotatable bonds is 6. The van der Waals surface area contributed by atoms with Gasteiger partial charge in [-0.05, 0) is 6.42 Å². The van der Waals surface area contributed by atoms with Crippen LogP contribution in [0.25, 0.3) is 0 Å². The molecule has 0 aliphatic carbocycles. The molecule has 0 aliphatic heterocycles. The molecular weight excluding hydrogens is 224 g/mol. The number of hydrogen-bond acceptors (Lipinski definition) is 3. The van der Waals surface area contributed by atoms with Crippen LogP contribution in [0.2, 0.25) is 0 Å². The van der Waals surface area contributed by atoms with Crippen molar-refractivity contribution in [3.05, 3.63) is 12.1 Å². The average Bonchev–Trinajstić information content (AvgIpc) is 2.31. The Balaban J connectivity index is 2.84. The zero-order chi connectivity index (χ0) is 12.0. The Kier molecular flexibility index (Phi) is 5.32. The van der Waals surface area contributed by atoms with Crippen molar-refractivity contribution in [3.63, 3.8) is 0 Å². The summed E-state index contributed by atoms with van der Waals surface area (Å²) in [5.74, 6) is 2.13. The van der Waals surface area contributed by atoms with Crippen LogP contribution in [-0.2, 0) is 11.8 Å². The molecule has 0 saturated heterocycles. The van der Waals surface area contributed by atoms with Crippen LogP contribution in [0.5, 0.6) is 17.2 Å². The van der Waals surface area contributed by atoms with E-state index in [-0.39, 0.29) is 5.75 Å². The molecule has 1 aromatic rings. The van der Waals surface area contributed by atoms with Gasteiger partial charge in [0.1, 0.15) is 5.75 Å². The molecule has 1 N–H and O–H groups in total. The van der Waals surface area contributed by atoms with Gasteiger partial charge < -0.3 is 14.6 Å². The molecule has 4 heteroatoms. The lowest BCUT2D eigenvalue weighted by molar-refractivity contribution is 0.338. The fourth-order valence-corrected chi connectivity index (χ4v) is 2.49. The Hall–Kier alpha value is -1.03. The van der Waals surface area contributed by atoms with Crippen LogP contribution in [0, 0.1) is 0 Å². The Morgan fingerprint density at radius 1 is 1.19 bits per heavy atom. The number of hydrogen-bond donors (Lipinski definition) is 1. The first-order valence-electron chi connectivity index (χ1n) is 5.35. The molecule has 1 rings (SSSR count). The molecule has 0 unspecified atom stereocenters. The molecule has 3 nitrogen and oxygen atoms in total.